The molecule has 0 spiro atoms. The van der Waals surface area contributed by atoms with E-state index < -0.39 is 0 Å². The van der Waals surface area contributed by atoms with Crippen LogP contribution >= 0.6 is 0 Å². The van der Waals surface area contributed by atoms with E-state index in [-0.39, 0.29) is 0 Å². The minimum absolute atomic E-state index is 1.29. The van der Waals surface area contributed by atoms with Gasteiger partial charge in [0.2, 0.25) is 0 Å². The van der Waals surface area contributed by atoms with Crippen molar-refractivity contribution in [2.45, 2.75) is 110 Å². The largest absolute Gasteiger partial charge is 0.0917 e. The van der Waals surface area contributed by atoms with Crippen molar-refractivity contribution < 1.29 is 0 Å². The first-order valence-corrected chi connectivity index (χ1v) is 9.03. The molecule has 0 amide bonds. The summed E-state index contributed by atoms with van der Waals surface area (Å²) in [5, 5.41) is 0. The molecule has 0 fully saturated rings. The van der Waals surface area contributed by atoms with Gasteiger partial charge in [-0.3, -0.25) is 0 Å². The monoisotopic (exact) mass is 266 g/mol. The Balaban J connectivity index is 2.91. The highest BCUT2D eigenvalue weighted by Crippen LogP contribution is 2.13. The van der Waals surface area contributed by atoms with Crippen molar-refractivity contribution in [3.8, 4) is 0 Å². The predicted molar refractivity (Wildman–Crippen MR) is 89.7 cm³/mol. The second-order valence-corrected chi connectivity index (χ2v) is 5.95. The molecule has 0 aromatic rings. The van der Waals surface area contributed by atoms with E-state index in [1.54, 1.807) is 0 Å². The Labute approximate surface area is 123 Å². The Kier molecular flexibility index (Phi) is 17.5. The molecule has 0 aliphatic rings. The molecular weight excluding hydrogens is 228 g/mol. The van der Waals surface area contributed by atoms with E-state index in [4.69, 9.17) is 0 Å². The highest BCUT2D eigenvalue weighted by Gasteiger charge is 1.93. The van der Waals surface area contributed by atoms with Gasteiger partial charge in [0.25, 0.3) is 0 Å². The quantitative estimate of drug-likeness (QED) is 0.213. The van der Waals surface area contributed by atoms with Crippen molar-refractivity contribution >= 4 is 0 Å². The van der Waals surface area contributed by atoms with Gasteiger partial charge in [-0.2, -0.15) is 0 Å². The molecule has 0 aliphatic heterocycles. The van der Waals surface area contributed by atoms with Crippen LogP contribution in [-0.2, 0) is 0 Å². The molecule has 0 rings (SSSR count). The van der Waals surface area contributed by atoms with Gasteiger partial charge in [-0.05, 0) is 19.8 Å². The van der Waals surface area contributed by atoms with Gasteiger partial charge in [0.15, 0.2) is 0 Å². The van der Waals surface area contributed by atoms with Gasteiger partial charge in [-0.1, -0.05) is 103 Å². The zero-order valence-electron chi connectivity index (χ0n) is 13.8. The first-order valence-electron chi connectivity index (χ1n) is 9.03. The maximum atomic E-state index is 2.29. The summed E-state index contributed by atoms with van der Waals surface area (Å²) in [6, 6.07) is 0. The van der Waals surface area contributed by atoms with Crippen molar-refractivity contribution in [1.82, 2.24) is 0 Å². The molecule has 0 aromatic heterocycles. The molecule has 0 bridgehead atoms. The summed E-state index contributed by atoms with van der Waals surface area (Å²) in [5.41, 5.74) is 0. The van der Waals surface area contributed by atoms with Gasteiger partial charge in [-0.15, -0.1) is 0 Å². The topological polar surface area (TPSA) is 0 Å². The van der Waals surface area contributed by atoms with E-state index in [9.17, 15) is 0 Å². The van der Waals surface area contributed by atoms with Gasteiger partial charge in [0, 0.05) is 0 Å². The van der Waals surface area contributed by atoms with Gasteiger partial charge < -0.3 is 0 Å². The lowest BCUT2D eigenvalue weighted by molar-refractivity contribution is 0.536. The molecule has 0 saturated heterocycles. The Morgan fingerprint density at radius 2 is 0.895 bits per heavy atom. The first kappa shape index (κ1) is 18.7. The fourth-order valence-corrected chi connectivity index (χ4v) is 2.62. The predicted octanol–water partition coefficient (Wildman–Crippen LogP) is 7.43. The van der Waals surface area contributed by atoms with Crippen molar-refractivity contribution in [2.24, 2.45) is 0 Å². The number of rotatable bonds is 15. The van der Waals surface area contributed by atoms with Crippen LogP contribution in [-0.4, -0.2) is 0 Å². The molecule has 0 nitrogen and oxygen atoms in total. The van der Waals surface area contributed by atoms with Crippen molar-refractivity contribution in [3.63, 3.8) is 0 Å². The van der Waals surface area contributed by atoms with Crippen molar-refractivity contribution in [1.29, 1.82) is 0 Å². The summed E-state index contributed by atoms with van der Waals surface area (Å²) in [6.45, 7) is 4.41. The van der Waals surface area contributed by atoms with Gasteiger partial charge in [-0.25, -0.2) is 0 Å². The van der Waals surface area contributed by atoms with Gasteiger partial charge in [0.05, 0.1) is 0 Å². The van der Waals surface area contributed by atoms with Crippen LogP contribution in [0.1, 0.15) is 110 Å². The average molecular weight is 267 g/mol. The normalized spacial score (nSPS) is 11.5. The van der Waals surface area contributed by atoms with Gasteiger partial charge in [0.1, 0.15) is 0 Å². The van der Waals surface area contributed by atoms with E-state index >= 15 is 0 Å². The van der Waals surface area contributed by atoms with Crippen LogP contribution in [0.3, 0.4) is 0 Å². The van der Waals surface area contributed by atoms with Crippen LogP contribution in [0, 0.1) is 0 Å². The van der Waals surface area contributed by atoms with E-state index in [0.29, 0.717) is 0 Å². The molecule has 0 atom stereocenters. The molecule has 114 valence electrons. The fourth-order valence-electron chi connectivity index (χ4n) is 2.62. The lowest BCUT2D eigenvalue weighted by atomic mass is 10.0. The summed E-state index contributed by atoms with van der Waals surface area (Å²) in [7, 11) is 0. The van der Waals surface area contributed by atoms with E-state index in [1.807, 2.05) is 0 Å². The van der Waals surface area contributed by atoms with Crippen LogP contribution in [0.25, 0.3) is 0 Å². The van der Waals surface area contributed by atoms with Crippen LogP contribution in [0.15, 0.2) is 12.2 Å². The molecule has 0 unspecified atom stereocenters. The zero-order chi connectivity index (χ0) is 14.0. The zero-order valence-corrected chi connectivity index (χ0v) is 13.8. The lowest BCUT2D eigenvalue weighted by Gasteiger charge is -2.02. The lowest BCUT2D eigenvalue weighted by Crippen LogP contribution is -1.83. The van der Waals surface area contributed by atoms with Crippen LogP contribution in [0.5, 0.6) is 0 Å². The molecule has 19 heavy (non-hydrogen) atoms. The van der Waals surface area contributed by atoms with Crippen LogP contribution in [0.2, 0.25) is 0 Å². The molecule has 0 N–H and O–H groups in total. The minimum atomic E-state index is 1.29. The maximum absolute atomic E-state index is 2.29. The highest BCUT2D eigenvalue weighted by molar-refractivity contribution is 4.76. The van der Waals surface area contributed by atoms with Crippen molar-refractivity contribution in [3.05, 3.63) is 12.2 Å². The number of hydrogen-bond donors (Lipinski definition) is 0. The first-order chi connectivity index (χ1) is 9.41. The summed E-state index contributed by atoms with van der Waals surface area (Å²) in [4.78, 5) is 0. The van der Waals surface area contributed by atoms with Crippen molar-refractivity contribution in [2.75, 3.05) is 0 Å². The second-order valence-electron chi connectivity index (χ2n) is 5.95. The average Bonchev–Trinajstić information content (AvgIpc) is 2.43. The summed E-state index contributed by atoms with van der Waals surface area (Å²) < 4.78 is 0. The molecule has 0 heteroatoms. The second kappa shape index (κ2) is 17.7. The summed E-state index contributed by atoms with van der Waals surface area (Å²) in [5.74, 6) is 0. The Morgan fingerprint density at radius 1 is 0.526 bits per heavy atom. The van der Waals surface area contributed by atoms with E-state index in [2.05, 4.69) is 26.0 Å². The third-order valence-corrected chi connectivity index (χ3v) is 3.96. The number of unbranched alkanes of at least 4 members (excludes halogenated alkanes) is 14. The summed E-state index contributed by atoms with van der Waals surface area (Å²) in [6.07, 6.45) is 26.1. The molecule has 0 saturated carbocycles. The standard InChI is InChI=1S/C19H38/c1-3-5-7-9-11-13-15-17-19-18-16-14-12-10-8-6-4-2/h3,5H,4,6-19H2,1-2H3/b5-3-. The molecule has 0 aromatic carbocycles. The van der Waals surface area contributed by atoms with Crippen LogP contribution in [0.4, 0.5) is 0 Å². The van der Waals surface area contributed by atoms with Crippen LogP contribution < -0.4 is 0 Å². The molecule has 0 heterocycles. The third kappa shape index (κ3) is 17.7. The smallest absolute Gasteiger partial charge is 0.0351 e. The SMILES string of the molecule is C/C=C\CCCCCCCCCCCCCCCC. The number of hydrogen-bond acceptors (Lipinski definition) is 0. The highest BCUT2D eigenvalue weighted by atomic mass is 14.0. The Morgan fingerprint density at radius 3 is 1.26 bits per heavy atom. The Bertz CT molecular complexity index is 169. The molecule has 0 radical (unpaired) electrons. The molecule has 0 aliphatic carbocycles. The molecular formula is C19H38. The Hall–Kier alpha value is -0.260. The van der Waals surface area contributed by atoms with E-state index in [1.165, 1.54) is 96.3 Å². The minimum Gasteiger partial charge on any atom is -0.0917 e. The number of allylic oxidation sites excluding steroid dienone is 2. The maximum Gasteiger partial charge on any atom is -0.0351 e. The third-order valence-electron chi connectivity index (χ3n) is 3.96. The van der Waals surface area contributed by atoms with E-state index in [0.717, 1.165) is 0 Å². The van der Waals surface area contributed by atoms with Gasteiger partial charge >= 0.3 is 0 Å². The fraction of sp³-hybridized carbons (Fsp3) is 0.895. The summed E-state index contributed by atoms with van der Waals surface area (Å²) >= 11 is 0.